The van der Waals surface area contributed by atoms with Crippen LogP contribution in [0.3, 0.4) is 0 Å². The van der Waals surface area contributed by atoms with Crippen molar-refractivity contribution in [2.45, 2.75) is 13.0 Å². The van der Waals surface area contributed by atoms with Gasteiger partial charge in [0.2, 0.25) is 5.91 Å². The zero-order valence-corrected chi connectivity index (χ0v) is 15.8. The van der Waals surface area contributed by atoms with E-state index in [0.29, 0.717) is 47.3 Å². The van der Waals surface area contributed by atoms with Crippen molar-refractivity contribution in [3.05, 3.63) is 52.0 Å². The van der Waals surface area contributed by atoms with E-state index in [-0.39, 0.29) is 6.03 Å². The minimum atomic E-state index is -0.454. The van der Waals surface area contributed by atoms with Crippen molar-refractivity contribution in [2.24, 2.45) is 5.73 Å². The Hall–Kier alpha value is -2.93. The molecule has 0 saturated heterocycles. The van der Waals surface area contributed by atoms with Crippen LogP contribution in [0.25, 0.3) is 0 Å². The Morgan fingerprint density at radius 1 is 1.22 bits per heavy atom. The van der Waals surface area contributed by atoms with E-state index in [1.54, 1.807) is 29.2 Å². The Kier molecular flexibility index (Phi) is 5.41. The highest BCUT2D eigenvalue weighted by Crippen LogP contribution is 2.38. The molecule has 3 amide bonds. The predicted octanol–water partition coefficient (Wildman–Crippen LogP) is 3.05. The third-order valence-corrected chi connectivity index (χ3v) is 4.78. The number of urea groups is 1. The molecule has 0 unspecified atom stereocenters. The molecule has 2 aromatic carbocycles. The first kappa shape index (κ1) is 18.8. The zero-order valence-electron chi connectivity index (χ0n) is 15.0. The number of benzene rings is 2. The van der Waals surface area contributed by atoms with E-state index in [9.17, 15) is 9.59 Å². The third kappa shape index (κ3) is 3.78. The number of amides is 3. The van der Waals surface area contributed by atoms with Crippen LogP contribution in [0.5, 0.6) is 11.5 Å². The van der Waals surface area contributed by atoms with Gasteiger partial charge in [0, 0.05) is 30.4 Å². The number of halogens is 1. The number of ether oxygens (including phenoxy) is 2. The topological polar surface area (TPSA) is 93.9 Å². The van der Waals surface area contributed by atoms with Crippen LogP contribution >= 0.6 is 11.6 Å². The van der Waals surface area contributed by atoms with E-state index in [1.165, 1.54) is 14.2 Å². The van der Waals surface area contributed by atoms with Gasteiger partial charge in [0.15, 0.2) is 11.5 Å². The minimum Gasteiger partial charge on any atom is -0.493 e. The molecular formula is C19H20ClN3O4. The van der Waals surface area contributed by atoms with Crippen LogP contribution in [0.15, 0.2) is 30.3 Å². The van der Waals surface area contributed by atoms with E-state index in [2.05, 4.69) is 5.32 Å². The maximum absolute atomic E-state index is 12.7. The van der Waals surface area contributed by atoms with E-state index >= 15 is 0 Å². The molecular weight excluding hydrogens is 370 g/mol. The molecule has 1 aliphatic rings. The molecule has 0 bridgehead atoms. The molecule has 3 rings (SSSR count). The molecule has 0 spiro atoms. The summed E-state index contributed by atoms with van der Waals surface area (Å²) in [4.78, 5) is 25.9. The molecule has 2 aromatic rings. The first-order chi connectivity index (χ1) is 12.9. The summed E-state index contributed by atoms with van der Waals surface area (Å²) in [5, 5.41) is 3.16. The highest BCUT2D eigenvalue weighted by molar-refractivity contribution is 6.32. The highest BCUT2D eigenvalue weighted by atomic mass is 35.5. The van der Waals surface area contributed by atoms with Crippen LogP contribution in [0.4, 0.5) is 10.5 Å². The first-order valence-corrected chi connectivity index (χ1v) is 8.70. The number of anilines is 1. The number of carbonyl (C=O) groups excluding carboxylic acids is 2. The van der Waals surface area contributed by atoms with Crippen LogP contribution < -0.4 is 20.5 Å². The SMILES string of the molecule is COc1cc(NC(=O)N2CCc3c(cccc3C(N)=O)C2)cc(Cl)c1OC. The van der Waals surface area contributed by atoms with Gasteiger partial charge in [-0.25, -0.2) is 4.79 Å². The van der Waals surface area contributed by atoms with Crippen LogP contribution in [0.2, 0.25) is 5.02 Å². The summed E-state index contributed by atoms with van der Waals surface area (Å²) in [6.45, 7) is 0.869. The summed E-state index contributed by atoms with van der Waals surface area (Å²) in [7, 11) is 2.99. The lowest BCUT2D eigenvalue weighted by Gasteiger charge is -2.30. The molecule has 3 N–H and O–H groups in total. The Bertz CT molecular complexity index is 901. The second kappa shape index (κ2) is 7.75. The Morgan fingerprint density at radius 2 is 2.00 bits per heavy atom. The highest BCUT2D eigenvalue weighted by Gasteiger charge is 2.24. The maximum atomic E-state index is 12.7. The number of rotatable bonds is 4. The number of nitrogens with zero attached hydrogens (tertiary/aromatic N) is 1. The molecule has 1 aliphatic heterocycles. The fourth-order valence-corrected chi connectivity index (χ4v) is 3.49. The van der Waals surface area contributed by atoms with Crippen molar-refractivity contribution in [1.82, 2.24) is 4.90 Å². The summed E-state index contributed by atoms with van der Waals surface area (Å²) >= 11 is 6.18. The first-order valence-electron chi connectivity index (χ1n) is 8.32. The van der Waals surface area contributed by atoms with E-state index in [4.69, 9.17) is 26.8 Å². The van der Waals surface area contributed by atoms with Crippen molar-refractivity contribution >= 4 is 29.2 Å². The molecule has 0 aromatic heterocycles. The van der Waals surface area contributed by atoms with Gasteiger partial charge in [0.25, 0.3) is 0 Å². The van der Waals surface area contributed by atoms with Gasteiger partial charge in [0.1, 0.15) is 0 Å². The number of methoxy groups -OCH3 is 2. The molecule has 0 radical (unpaired) electrons. The number of nitrogens with one attached hydrogen (secondary N) is 1. The van der Waals surface area contributed by atoms with Gasteiger partial charge in [-0.2, -0.15) is 0 Å². The fraction of sp³-hybridized carbons (Fsp3) is 0.263. The van der Waals surface area contributed by atoms with Crippen molar-refractivity contribution in [3.8, 4) is 11.5 Å². The van der Waals surface area contributed by atoms with Gasteiger partial charge in [-0.05, 0) is 29.7 Å². The second-order valence-corrected chi connectivity index (χ2v) is 6.51. The average Bonchev–Trinajstić information content (AvgIpc) is 2.66. The third-order valence-electron chi connectivity index (χ3n) is 4.50. The summed E-state index contributed by atoms with van der Waals surface area (Å²) in [6.07, 6.45) is 0.564. The fourth-order valence-electron chi connectivity index (χ4n) is 3.21. The standard InChI is InChI=1S/C19H20ClN3O4/c1-26-16-9-12(8-15(20)17(16)27-2)22-19(25)23-7-6-13-11(10-23)4-3-5-14(13)18(21)24/h3-5,8-9H,6-7,10H2,1-2H3,(H2,21,24)(H,22,25). The summed E-state index contributed by atoms with van der Waals surface area (Å²) in [5.74, 6) is 0.378. The molecule has 27 heavy (non-hydrogen) atoms. The molecule has 7 nitrogen and oxygen atoms in total. The van der Waals surface area contributed by atoms with Crippen molar-refractivity contribution in [1.29, 1.82) is 0 Å². The summed E-state index contributed by atoms with van der Waals surface area (Å²) < 4.78 is 10.4. The smallest absolute Gasteiger partial charge is 0.322 e. The van der Waals surface area contributed by atoms with Gasteiger partial charge in [-0.15, -0.1) is 0 Å². The molecule has 0 fully saturated rings. The maximum Gasteiger partial charge on any atom is 0.322 e. The van der Waals surface area contributed by atoms with Gasteiger partial charge < -0.3 is 25.4 Å². The number of nitrogens with two attached hydrogens (primary N) is 1. The number of hydrogen-bond acceptors (Lipinski definition) is 4. The number of primary amides is 1. The lowest BCUT2D eigenvalue weighted by molar-refractivity contribution is 0.0999. The van der Waals surface area contributed by atoms with Crippen molar-refractivity contribution in [3.63, 3.8) is 0 Å². The van der Waals surface area contributed by atoms with Crippen molar-refractivity contribution < 1.29 is 19.1 Å². The van der Waals surface area contributed by atoms with Crippen LogP contribution in [-0.2, 0) is 13.0 Å². The number of hydrogen-bond donors (Lipinski definition) is 2. The monoisotopic (exact) mass is 389 g/mol. The Labute approximate surface area is 162 Å². The predicted molar refractivity (Wildman–Crippen MR) is 103 cm³/mol. The molecule has 1 heterocycles. The normalized spacial score (nSPS) is 12.9. The zero-order chi connectivity index (χ0) is 19.6. The van der Waals surface area contributed by atoms with Gasteiger partial charge in [-0.3, -0.25) is 4.79 Å². The van der Waals surface area contributed by atoms with Gasteiger partial charge >= 0.3 is 6.03 Å². The lowest BCUT2D eigenvalue weighted by atomic mass is 9.94. The van der Waals surface area contributed by atoms with Gasteiger partial charge in [0.05, 0.1) is 19.2 Å². The molecule has 0 atom stereocenters. The van der Waals surface area contributed by atoms with Gasteiger partial charge in [-0.1, -0.05) is 23.7 Å². The summed E-state index contributed by atoms with van der Waals surface area (Å²) in [6, 6.07) is 8.36. The molecule has 8 heteroatoms. The van der Waals surface area contributed by atoms with Crippen LogP contribution in [-0.4, -0.2) is 37.6 Å². The van der Waals surface area contributed by atoms with E-state index < -0.39 is 5.91 Å². The largest absolute Gasteiger partial charge is 0.493 e. The Morgan fingerprint density at radius 3 is 2.67 bits per heavy atom. The number of carbonyl (C=O) groups is 2. The van der Waals surface area contributed by atoms with Crippen LogP contribution in [0.1, 0.15) is 21.5 Å². The van der Waals surface area contributed by atoms with E-state index in [1.807, 2.05) is 6.07 Å². The molecule has 0 aliphatic carbocycles. The van der Waals surface area contributed by atoms with E-state index in [0.717, 1.165) is 11.1 Å². The van der Waals surface area contributed by atoms with Crippen LogP contribution in [0, 0.1) is 0 Å². The second-order valence-electron chi connectivity index (χ2n) is 6.10. The average molecular weight is 390 g/mol. The quantitative estimate of drug-likeness (QED) is 0.840. The number of fused-ring (bicyclic) bond motifs is 1. The lowest BCUT2D eigenvalue weighted by Crippen LogP contribution is -2.39. The summed E-state index contributed by atoms with van der Waals surface area (Å²) in [5.41, 5.74) is 8.27. The minimum absolute atomic E-state index is 0.270. The molecule has 142 valence electrons. The molecule has 0 saturated carbocycles. The Balaban J connectivity index is 1.78. The van der Waals surface area contributed by atoms with Crippen molar-refractivity contribution in [2.75, 3.05) is 26.1 Å².